The summed E-state index contributed by atoms with van der Waals surface area (Å²) < 4.78 is 4.78. The lowest BCUT2D eigenvalue weighted by Crippen LogP contribution is -2.48. The van der Waals surface area contributed by atoms with Crippen LogP contribution in [0.25, 0.3) is 0 Å². The summed E-state index contributed by atoms with van der Waals surface area (Å²) in [5, 5.41) is 3.81. The molecule has 1 aliphatic heterocycles. The highest BCUT2D eigenvalue weighted by Gasteiger charge is 2.33. The SMILES string of the molecule is COC(=O)c1cccc(C(=O)N2CCC(C(Cc3ccccc3)N(C)C(=O)c3ccsc3)CC2)c1. The third kappa shape index (κ3) is 5.80. The van der Waals surface area contributed by atoms with E-state index in [0.29, 0.717) is 29.8 Å². The molecule has 0 radical (unpaired) electrons. The van der Waals surface area contributed by atoms with E-state index in [1.807, 2.05) is 51.9 Å². The van der Waals surface area contributed by atoms with Crippen molar-refractivity contribution in [3.8, 4) is 0 Å². The summed E-state index contributed by atoms with van der Waals surface area (Å²) in [5.41, 5.74) is 2.76. The quantitative estimate of drug-likeness (QED) is 0.448. The van der Waals surface area contributed by atoms with E-state index < -0.39 is 5.97 Å². The number of hydrogen-bond acceptors (Lipinski definition) is 5. The number of amides is 2. The molecule has 4 rings (SSSR count). The van der Waals surface area contributed by atoms with E-state index in [1.165, 1.54) is 24.0 Å². The minimum Gasteiger partial charge on any atom is -0.465 e. The summed E-state index contributed by atoms with van der Waals surface area (Å²) in [4.78, 5) is 41.9. The summed E-state index contributed by atoms with van der Waals surface area (Å²) in [6.45, 7) is 1.22. The summed E-state index contributed by atoms with van der Waals surface area (Å²) in [6, 6.07) is 18.8. The van der Waals surface area contributed by atoms with Crippen LogP contribution in [0.4, 0.5) is 0 Å². The van der Waals surface area contributed by atoms with Crippen LogP contribution in [-0.2, 0) is 11.2 Å². The van der Waals surface area contributed by atoms with Crippen molar-refractivity contribution in [1.82, 2.24) is 9.80 Å². The molecule has 7 heteroatoms. The standard InChI is InChI=1S/C28H30N2O4S/c1-29(26(31)24-13-16-35-19-24)25(17-20-7-4-3-5-8-20)21-11-14-30(15-12-21)27(32)22-9-6-10-23(18-22)28(33)34-2/h3-10,13,16,18-19,21,25H,11-12,14-15,17H2,1-2H3. The maximum absolute atomic E-state index is 13.2. The number of rotatable bonds is 7. The average molecular weight is 491 g/mol. The van der Waals surface area contributed by atoms with E-state index in [0.717, 1.165) is 19.3 Å². The van der Waals surface area contributed by atoms with Crippen LogP contribution in [0.5, 0.6) is 0 Å². The van der Waals surface area contributed by atoms with Gasteiger partial charge in [0.05, 0.1) is 18.2 Å². The summed E-state index contributed by atoms with van der Waals surface area (Å²) >= 11 is 1.52. The molecular formula is C28H30N2O4S. The minimum absolute atomic E-state index is 0.0321. The molecule has 0 spiro atoms. The third-order valence-electron chi connectivity index (χ3n) is 6.78. The first kappa shape index (κ1) is 24.7. The number of nitrogens with zero attached hydrogens (tertiary/aromatic N) is 2. The highest BCUT2D eigenvalue weighted by atomic mass is 32.1. The van der Waals surface area contributed by atoms with Crippen LogP contribution in [0.3, 0.4) is 0 Å². The second-order valence-electron chi connectivity index (χ2n) is 8.89. The monoisotopic (exact) mass is 490 g/mol. The van der Waals surface area contributed by atoms with Gasteiger partial charge in [-0.3, -0.25) is 9.59 Å². The predicted octanol–water partition coefficient (Wildman–Crippen LogP) is 4.77. The van der Waals surface area contributed by atoms with Gasteiger partial charge in [-0.05, 0) is 60.4 Å². The molecule has 2 heterocycles. The van der Waals surface area contributed by atoms with Crippen molar-refractivity contribution in [3.05, 3.63) is 93.7 Å². The van der Waals surface area contributed by atoms with E-state index in [9.17, 15) is 14.4 Å². The van der Waals surface area contributed by atoms with Gasteiger partial charge in [-0.15, -0.1) is 0 Å². The van der Waals surface area contributed by atoms with Crippen LogP contribution in [0, 0.1) is 5.92 Å². The van der Waals surface area contributed by atoms with Crippen LogP contribution in [0.2, 0.25) is 0 Å². The Labute approximate surface area is 210 Å². The van der Waals surface area contributed by atoms with Crippen molar-refractivity contribution in [1.29, 1.82) is 0 Å². The van der Waals surface area contributed by atoms with E-state index in [2.05, 4.69) is 12.1 Å². The van der Waals surface area contributed by atoms with Gasteiger partial charge < -0.3 is 14.5 Å². The van der Waals surface area contributed by atoms with Crippen LogP contribution >= 0.6 is 11.3 Å². The lowest BCUT2D eigenvalue weighted by Gasteiger charge is -2.40. The molecule has 0 bridgehead atoms. The molecule has 6 nitrogen and oxygen atoms in total. The highest BCUT2D eigenvalue weighted by Crippen LogP contribution is 2.28. The number of carbonyl (C=O) groups is 3. The molecule has 1 saturated heterocycles. The van der Waals surface area contributed by atoms with Gasteiger partial charge in [0.25, 0.3) is 11.8 Å². The lowest BCUT2D eigenvalue weighted by molar-refractivity contribution is 0.0522. The fourth-order valence-electron chi connectivity index (χ4n) is 4.78. The predicted molar refractivity (Wildman–Crippen MR) is 137 cm³/mol. The van der Waals surface area contributed by atoms with Crippen molar-refractivity contribution in [2.24, 2.45) is 5.92 Å². The topological polar surface area (TPSA) is 66.9 Å². The second kappa shape index (κ2) is 11.3. The third-order valence-corrected chi connectivity index (χ3v) is 7.46. The second-order valence-corrected chi connectivity index (χ2v) is 9.67. The first-order valence-corrected chi connectivity index (χ1v) is 12.7. The van der Waals surface area contributed by atoms with Gasteiger partial charge >= 0.3 is 5.97 Å². The summed E-state index contributed by atoms with van der Waals surface area (Å²) in [6.07, 6.45) is 2.38. The van der Waals surface area contributed by atoms with Crippen molar-refractivity contribution in [2.45, 2.75) is 25.3 Å². The molecule has 3 aromatic rings. The van der Waals surface area contributed by atoms with Gasteiger partial charge in [-0.1, -0.05) is 36.4 Å². The molecule has 1 aromatic heterocycles. The van der Waals surface area contributed by atoms with Crippen LogP contribution in [-0.4, -0.2) is 60.9 Å². The molecule has 0 saturated carbocycles. The number of carbonyl (C=O) groups excluding carboxylic acids is 3. The van der Waals surface area contributed by atoms with Crippen molar-refractivity contribution in [2.75, 3.05) is 27.2 Å². The van der Waals surface area contributed by atoms with Gasteiger partial charge in [0.15, 0.2) is 0 Å². The largest absolute Gasteiger partial charge is 0.465 e. The zero-order valence-corrected chi connectivity index (χ0v) is 20.9. The Bertz CT molecular complexity index is 1150. The number of likely N-dealkylation sites (N-methyl/N-ethyl adjacent to an activating group) is 1. The zero-order valence-electron chi connectivity index (χ0n) is 20.1. The number of esters is 1. The minimum atomic E-state index is -0.458. The fraction of sp³-hybridized carbons (Fsp3) is 0.321. The smallest absolute Gasteiger partial charge is 0.337 e. The van der Waals surface area contributed by atoms with E-state index in [1.54, 1.807) is 24.3 Å². The Kier molecular flexibility index (Phi) is 7.98. The van der Waals surface area contributed by atoms with Gasteiger partial charge in [0.2, 0.25) is 0 Å². The van der Waals surface area contributed by atoms with Crippen LogP contribution in [0.15, 0.2) is 71.4 Å². The number of likely N-dealkylation sites (tertiary alicyclic amines) is 1. The van der Waals surface area contributed by atoms with Crippen LogP contribution in [0.1, 0.15) is 49.5 Å². The maximum atomic E-state index is 13.2. The van der Waals surface area contributed by atoms with Crippen molar-refractivity contribution >= 4 is 29.1 Å². The number of thiophene rings is 1. The van der Waals surface area contributed by atoms with E-state index >= 15 is 0 Å². The Morgan fingerprint density at radius 1 is 1.00 bits per heavy atom. The lowest BCUT2D eigenvalue weighted by atomic mass is 9.84. The zero-order chi connectivity index (χ0) is 24.8. The summed E-state index contributed by atoms with van der Waals surface area (Å²) in [5.74, 6) is -0.240. The first-order valence-electron chi connectivity index (χ1n) is 11.8. The number of piperidine rings is 1. The van der Waals surface area contributed by atoms with Crippen molar-refractivity contribution < 1.29 is 19.1 Å². The molecule has 1 unspecified atom stereocenters. The molecule has 1 fully saturated rings. The Morgan fingerprint density at radius 2 is 1.71 bits per heavy atom. The van der Waals surface area contributed by atoms with E-state index in [4.69, 9.17) is 4.74 Å². The molecular weight excluding hydrogens is 460 g/mol. The molecule has 2 aromatic carbocycles. The number of hydrogen-bond donors (Lipinski definition) is 0. The maximum Gasteiger partial charge on any atom is 0.337 e. The Hall–Kier alpha value is -3.45. The van der Waals surface area contributed by atoms with Crippen molar-refractivity contribution in [3.63, 3.8) is 0 Å². The molecule has 1 atom stereocenters. The Balaban J connectivity index is 1.47. The van der Waals surface area contributed by atoms with Crippen LogP contribution < -0.4 is 0 Å². The van der Waals surface area contributed by atoms with E-state index in [-0.39, 0.29) is 23.8 Å². The van der Waals surface area contributed by atoms with Gasteiger partial charge in [-0.25, -0.2) is 4.79 Å². The molecule has 0 aliphatic carbocycles. The highest BCUT2D eigenvalue weighted by molar-refractivity contribution is 7.08. The average Bonchev–Trinajstić information content (AvgIpc) is 3.46. The Morgan fingerprint density at radius 3 is 2.37 bits per heavy atom. The fourth-order valence-corrected chi connectivity index (χ4v) is 5.41. The molecule has 2 amide bonds. The number of ether oxygens (including phenoxy) is 1. The molecule has 1 aliphatic rings. The molecule has 35 heavy (non-hydrogen) atoms. The first-order chi connectivity index (χ1) is 17.0. The van der Waals surface area contributed by atoms with Gasteiger partial charge in [0, 0.05) is 37.1 Å². The number of benzene rings is 2. The molecule has 0 N–H and O–H groups in total. The van der Waals surface area contributed by atoms with Gasteiger partial charge in [-0.2, -0.15) is 11.3 Å². The normalized spacial score (nSPS) is 14.9. The number of methoxy groups -OCH3 is 1. The van der Waals surface area contributed by atoms with Gasteiger partial charge in [0.1, 0.15) is 0 Å². The summed E-state index contributed by atoms with van der Waals surface area (Å²) in [7, 11) is 3.22. The molecule has 182 valence electrons.